The summed E-state index contributed by atoms with van der Waals surface area (Å²) in [6.07, 6.45) is 1.60. The van der Waals surface area contributed by atoms with E-state index in [-0.39, 0.29) is 9.79 Å². The SMILES string of the molecule is CCOc1ccc2[nH+]cc(S(=O)(=O)c3ccc(C)cc3)c(N3CCOCC3)c2c1. The van der Waals surface area contributed by atoms with Gasteiger partial charge in [0.15, 0.2) is 11.1 Å². The second-order valence-corrected chi connectivity index (χ2v) is 8.98. The summed E-state index contributed by atoms with van der Waals surface area (Å²) < 4.78 is 38.3. The van der Waals surface area contributed by atoms with E-state index in [4.69, 9.17) is 9.47 Å². The van der Waals surface area contributed by atoms with Crippen LogP contribution in [-0.4, -0.2) is 41.3 Å². The van der Waals surface area contributed by atoms with E-state index in [9.17, 15) is 8.42 Å². The molecule has 0 amide bonds. The van der Waals surface area contributed by atoms with Crippen molar-refractivity contribution in [3.05, 3.63) is 54.2 Å². The van der Waals surface area contributed by atoms with Crippen LogP contribution < -0.4 is 14.6 Å². The van der Waals surface area contributed by atoms with Crippen molar-refractivity contribution < 1.29 is 22.9 Å². The highest BCUT2D eigenvalue weighted by Crippen LogP contribution is 2.36. The van der Waals surface area contributed by atoms with Crippen LogP contribution in [0.4, 0.5) is 5.69 Å². The van der Waals surface area contributed by atoms with E-state index in [1.54, 1.807) is 18.3 Å². The van der Waals surface area contributed by atoms with Crippen LogP contribution in [0.15, 0.2) is 58.5 Å². The van der Waals surface area contributed by atoms with Gasteiger partial charge >= 0.3 is 0 Å². The number of ether oxygens (including phenoxy) is 2. The van der Waals surface area contributed by atoms with Gasteiger partial charge in [-0.1, -0.05) is 17.7 Å². The number of aromatic nitrogens is 1. The van der Waals surface area contributed by atoms with Crippen molar-refractivity contribution in [2.24, 2.45) is 0 Å². The highest BCUT2D eigenvalue weighted by Gasteiger charge is 2.30. The molecule has 1 aromatic heterocycles. The van der Waals surface area contributed by atoms with Crippen LogP contribution in [0.3, 0.4) is 0 Å². The Morgan fingerprint density at radius 1 is 1.10 bits per heavy atom. The molecule has 0 bridgehead atoms. The first-order valence-electron chi connectivity index (χ1n) is 9.76. The first-order valence-corrected chi connectivity index (χ1v) is 11.2. The summed E-state index contributed by atoms with van der Waals surface area (Å²) in [5, 5.41) is 0.825. The Kier molecular flexibility index (Phi) is 5.43. The Morgan fingerprint density at radius 3 is 2.52 bits per heavy atom. The van der Waals surface area contributed by atoms with Gasteiger partial charge in [-0.25, -0.2) is 13.4 Å². The molecule has 2 heterocycles. The van der Waals surface area contributed by atoms with Crippen LogP contribution >= 0.6 is 0 Å². The first kappa shape index (κ1) is 19.7. The summed E-state index contributed by atoms with van der Waals surface area (Å²) in [5.41, 5.74) is 2.57. The molecular weight excluding hydrogens is 388 g/mol. The number of anilines is 1. The minimum Gasteiger partial charge on any atom is -0.494 e. The lowest BCUT2D eigenvalue weighted by Gasteiger charge is -2.30. The van der Waals surface area contributed by atoms with E-state index in [1.807, 2.05) is 44.2 Å². The molecule has 0 spiro atoms. The van der Waals surface area contributed by atoms with Gasteiger partial charge in [0.2, 0.25) is 15.4 Å². The average molecular weight is 414 g/mol. The van der Waals surface area contributed by atoms with E-state index < -0.39 is 9.84 Å². The summed E-state index contributed by atoms with van der Waals surface area (Å²) in [6.45, 7) is 6.81. The average Bonchev–Trinajstić information content (AvgIpc) is 2.74. The number of sulfone groups is 1. The molecule has 152 valence electrons. The molecule has 0 unspecified atom stereocenters. The van der Waals surface area contributed by atoms with E-state index in [2.05, 4.69) is 9.88 Å². The summed E-state index contributed by atoms with van der Waals surface area (Å²) in [4.78, 5) is 5.81. The van der Waals surface area contributed by atoms with Crippen molar-refractivity contribution in [1.82, 2.24) is 0 Å². The number of rotatable bonds is 5. The maximum Gasteiger partial charge on any atom is 0.214 e. The molecule has 6 nitrogen and oxygen atoms in total. The number of pyridine rings is 1. The third-order valence-corrected chi connectivity index (χ3v) is 6.88. The maximum atomic E-state index is 13.6. The van der Waals surface area contributed by atoms with Crippen LogP contribution in [0, 0.1) is 6.92 Å². The molecule has 1 aliphatic heterocycles. The molecule has 1 saturated heterocycles. The maximum absolute atomic E-state index is 13.6. The van der Waals surface area contributed by atoms with Crippen molar-refractivity contribution in [1.29, 1.82) is 0 Å². The van der Waals surface area contributed by atoms with Gasteiger partial charge in [0.1, 0.15) is 5.75 Å². The molecule has 1 fully saturated rings. The van der Waals surface area contributed by atoms with Crippen LogP contribution in [0.2, 0.25) is 0 Å². The third kappa shape index (κ3) is 3.80. The van der Waals surface area contributed by atoms with Crippen molar-refractivity contribution in [3.63, 3.8) is 0 Å². The van der Waals surface area contributed by atoms with E-state index >= 15 is 0 Å². The van der Waals surface area contributed by atoms with Gasteiger partial charge in [0.05, 0.1) is 35.8 Å². The third-order valence-electron chi connectivity index (χ3n) is 5.10. The zero-order valence-electron chi connectivity index (χ0n) is 16.6. The normalized spacial score (nSPS) is 14.9. The zero-order chi connectivity index (χ0) is 20.4. The van der Waals surface area contributed by atoms with Gasteiger partial charge in [0.25, 0.3) is 0 Å². The van der Waals surface area contributed by atoms with Crippen molar-refractivity contribution in [3.8, 4) is 5.75 Å². The molecule has 0 saturated carbocycles. The number of morpholine rings is 1. The van der Waals surface area contributed by atoms with E-state index in [0.29, 0.717) is 44.3 Å². The lowest BCUT2D eigenvalue weighted by Crippen LogP contribution is -2.37. The molecular formula is C22H25N2O4S+. The Labute approximate surface area is 171 Å². The molecule has 1 aliphatic rings. The number of hydrogen-bond donors (Lipinski definition) is 0. The lowest BCUT2D eigenvalue weighted by atomic mass is 10.1. The number of aromatic amines is 1. The van der Waals surface area contributed by atoms with Gasteiger partial charge in [-0.05, 0) is 38.1 Å². The number of fused-ring (bicyclic) bond motifs is 1. The fourth-order valence-electron chi connectivity index (χ4n) is 3.61. The number of benzene rings is 2. The zero-order valence-corrected chi connectivity index (χ0v) is 17.5. The second kappa shape index (κ2) is 8.00. The Bertz CT molecular complexity index is 1120. The topological polar surface area (TPSA) is 70.0 Å². The molecule has 0 radical (unpaired) electrons. The molecule has 2 aromatic carbocycles. The monoisotopic (exact) mass is 413 g/mol. The number of aryl methyl sites for hydroxylation is 1. The van der Waals surface area contributed by atoms with Crippen LogP contribution in [0.25, 0.3) is 10.9 Å². The molecule has 0 aliphatic carbocycles. The minimum atomic E-state index is -3.71. The fraction of sp³-hybridized carbons (Fsp3) is 0.318. The van der Waals surface area contributed by atoms with Gasteiger partial charge in [-0.3, -0.25) is 0 Å². The summed E-state index contributed by atoms with van der Waals surface area (Å²) in [5.74, 6) is 0.716. The van der Waals surface area contributed by atoms with Crippen LogP contribution in [0.5, 0.6) is 5.75 Å². The summed E-state index contributed by atoms with van der Waals surface area (Å²) >= 11 is 0. The summed E-state index contributed by atoms with van der Waals surface area (Å²) in [7, 11) is -3.71. The van der Waals surface area contributed by atoms with Gasteiger partial charge in [-0.2, -0.15) is 0 Å². The minimum absolute atomic E-state index is 0.268. The second-order valence-electron chi connectivity index (χ2n) is 7.06. The standard InChI is InChI=1S/C22H24N2O4S/c1-3-28-17-6-9-20-19(14-17)22(24-10-12-27-13-11-24)21(15-23-20)29(25,26)18-7-4-16(2)5-8-18/h4-9,14-15H,3,10-13H2,1-2H3/p+1. The van der Waals surface area contributed by atoms with Crippen molar-refractivity contribution >= 4 is 26.4 Å². The summed E-state index contributed by atoms with van der Waals surface area (Å²) in [6, 6.07) is 12.7. The van der Waals surface area contributed by atoms with Gasteiger partial charge in [-0.15, -0.1) is 0 Å². The number of hydrogen-bond acceptors (Lipinski definition) is 5. The number of nitrogens with zero attached hydrogens (tertiary/aromatic N) is 1. The largest absolute Gasteiger partial charge is 0.494 e. The van der Waals surface area contributed by atoms with Crippen molar-refractivity contribution in [2.75, 3.05) is 37.8 Å². The predicted octanol–water partition coefficient (Wildman–Crippen LogP) is 3.03. The Hall–Kier alpha value is -2.64. The van der Waals surface area contributed by atoms with E-state index in [1.165, 1.54) is 0 Å². The molecule has 7 heteroatoms. The van der Waals surface area contributed by atoms with Crippen LogP contribution in [-0.2, 0) is 14.6 Å². The first-order chi connectivity index (χ1) is 14.0. The predicted molar refractivity (Wildman–Crippen MR) is 111 cm³/mol. The van der Waals surface area contributed by atoms with Gasteiger partial charge in [0, 0.05) is 19.2 Å². The molecule has 29 heavy (non-hydrogen) atoms. The van der Waals surface area contributed by atoms with Gasteiger partial charge < -0.3 is 14.4 Å². The van der Waals surface area contributed by atoms with Crippen LogP contribution in [0.1, 0.15) is 12.5 Å². The number of H-pyrrole nitrogens is 1. The fourth-order valence-corrected chi connectivity index (χ4v) is 5.06. The highest BCUT2D eigenvalue weighted by molar-refractivity contribution is 7.91. The number of nitrogens with one attached hydrogen (secondary N) is 1. The Morgan fingerprint density at radius 2 is 1.83 bits per heavy atom. The molecule has 1 N–H and O–H groups in total. The van der Waals surface area contributed by atoms with Crippen molar-refractivity contribution in [2.45, 2.75) is 23.6 Å². The Balaban J connectivity index is 1.95. The molecule has 0 atom stereocenters. The molecule has 4 rings (SSSR count). The highest BCUT2D eigenvalue weighted by atomic mass is 32.2. The van der Waals surface area contributed by atoms with E-state index in [0.717, 1.165) is 16.5 Å². The molecule has 3 aromatic rings. The lowest BCUT2D eigenvalue weighted by molar-refractivity contribution is -0.347. The quantitative estimate of drug-likeness (QED) is 0.643. The smallest absolute Gasteiger partial charge is 0.214 e.